The molecule has 1 aromatic heterocycles. The second kappa shape index (κ2) is 3.21. The Labute approximate surface area is 91.6 Å². The van der Waals surface area contributed by atoms with Gasteiger partial charge in [-0.2, -0.15) is 8.75 Å². The van der Waals surface area contributed by atoms with Crippen LogP contribution in [0.15, 0.2) is 12.1 Å². The number of anilines is 1. The van der Waals surface area contributed by atoms with Crippen LogP contribution in [0.5, 0.6) is 0 Å². The summed E-state index contributed by atoms with van der Waals surface area (Å²) in [6.45, 7) is 0. The predicted molar refractivity (Wildman–Crippen MR) is 61.4 cm³/mol. The van der Waals surface area contributed by atoms with Crippen molar-refractivity contribution in [3.05, 3.63) is 17.7 Å². The highest BCUT2D eigenvalue weighted by atomic mass is 32.1. The number of fused-ring (bicyclic) bond motifs is 1. The van der Waals surface area contributed by atoms with E-state index in [1.165, 1.54) is 24.6 Å². The lowest BCUT2D eigenvalue weighted by Crippen LogP contribution is -1.90. The maximum absolute atomic E-state index is 5.89. The van der Waals surface area contributed by atoms with E-state index in [2.05, 4.69) is 20.6 Å². The van der Waals surface area contributed by atoms with Crippen molar-refractivity contribution in [3.63, 3.8) is 0 Å². The van der Waals surface area contributed by atoms with E-state index in [9.17, 15) is 0 Å². The lowest BCUT2D eigenvalue weighted by Gasteiger charge is -1.96. The molecule has 1 saturated carbocycles. The summed E-state index contributed by atoms with van der Waals surface area (Å²) in [6, 6.07) is 3.76. The third-order valence-corrected chi connectivity index (χ3v) is 2.97. The molecule has 74 valence electrons. The summed E-state index contributed by atoms with van der Waals surface area (Å²) in [6.07, 6.45) is 2.46. The Morgan fingerprint density at radius 1 is 1.27 bits per heavy atom. The first kappa shape index (κ1) is 8.69. The highest BCUT2D eigenvalue weighted by molar-refractivity contribution is 7.00. The zero-order chi connectivity index (χ0) is 10.3. The lowest BCUT2D eigenvalue weighted by molar-refractivity contribution is 1.18. The molecule has 1 aliphatic carbocycles. The van der Waals surface area contributed by atoms with E-state index in [1.54, 1.807) is 0 Å². The van der Waals surface area contributed by atoms with Gasteiger partial charge in [0, 0.05) is 17.2 Å². The second-order valence-corrected chi connectivity index (χ2v) is 4.26. The zero-order valence-electron chi connectivity index (χ0n) is 8.03. The van der Waals surface area contributed by atoms with E-state index in [0.717, 1.165) is 16.6 Å². The molecule has 2 aromatic rings. The van der Waals surface area contributed by atoms with Gasteiger partial charge in [-0.1, -0.05) is 11.8 Å². The maximum atomic E-state index is 5.89. The van der Waals surface area contributed by atoms with E-state index in [-0.39, 0.29) is 0 Å². The molecule has 3 nitrogen and oxygen atoms in total. The van der Waals surface area contributed by atoms with Gasteiger partial charge in [0.05, 0.1) is 11.7 Å². The van der Waals surface area contributed by atoms with Crippen LogP contribution < -0.4 is 5.73 Å². The first-order valence-corrected chi connectivity index (χ1v) is 5.59. The van der Waals surface area contributed by atoms with Gasteiger partial charge in [0.15, 0.2) is 0 Å². The molecule has 3 rings (SSSR count). The van der Waals surface area contributed by atoms with Gasteiger partial charge in [0.1, 0.15) is 11.0 Å². The minimum Gasteiger partial charge on any atom is -0.398 e. The van der Waals surface area contributed by atoms with Crippen molar-refractivity contribution in [2.24, 2.45) is 5.92 Å². The second-order valence-electron chi connectivity index (χ2n) is 3.74. The van der Waals surface area contributed by atoms with Gasteiger partial charge in [-0.3, -0.25) is 0 Å². The largest absolute Gasteiger partial charge is 0.398 e. The van der Waals surface area contributed by atoms with Gasteiger partial charge in [-0.15, -0.1) is 0 Å². The summed E-state index contributed by atoms with van der Waals surface area (Å²) in [7, 11) is 0. The third kappa shape index (κ3) is 1.66. The first-order chi connectivity index (χ1) is 7.33. The Morgan fingerprint density at radius 3 is 2.73 bits per heavy atom. The molecule has 0 radical (unpaired) electrons. The summed E-state index contributed by atoms with van der Waals surface area (Å²) < 4.78 is 8.30. The van der Waals surface area contributed by atoms with Crippen LogP contribution in [-0.2, 0) is 0 Å². The minimum absolute atomic E-state index is 0.591. The van der Waals surface area contributed by atoms with Crippen molar-refractivity contribution < 1.29 is 0 Å². The molecule has 0 unspecified atom stereocenters. The molecule has 1 aromatic carbocycles. The molecule has 0 aliphatic heterocycles. The molecule has 4 heteroatoms. The molecule has 1 aliphatic rings. The summed E-state index contributed by atoms with van der Waals surface area (Å²) in [5.74, 6) is 6.91. The Morgan fingerprint density at radius 2 is 2.00 bits per heavy atom. The maximum Gasteiger partial charge on any atom is 0.106 e. The average Bonchev–Trinajstić information content (AvgIpc) is 2.94. The van der Waals surface area contributed by atoms with Crippen LogP contribution >= 0.6 is 11.7 Å². The molecule has 0 spiro atoms. The number of hydrogen-bond acceptors (Lipinski definition) is 4. The standard InChI is InChI=1S/C11H9N3S/c12-9-6-11-10(13-15-14-11)5-8(9)4-3-7-1-2-7/h5-7H,1-2,12H2. The number of rotatable bonds is 0. The predicted octanol–water partition coefficient (Wildman–Crippen LogP) is 2.04. The van der Waals surface area contributed by atoms with Gasteiger partial charge in [0.2, 0.25) is 0 Å². The molecule has 0 saturated heterocycles. The first-order valence-electron chi connectivity index (χ1n) is 4.86. The van der Waals surface area contributed by atoms with Crippen molar-refractivity contribution in [2.45, 2.75) is 12.8 Å². The normalized spacial score (nSPS) is 14.9. The molecular weight excluding hydrogens is 206 g/mol. The van der Waals surface area contributed by atoms with E-state index in [1.807, 2.05) is 12.1 Å². The summed E-state index contributed by atoms with van der Waals surface area (Å²) >= 11 is 1.20. The van der Waals surface area contributed by atoms with Crippen molar-refractivity contribution in [1.82, 2.24) is 8.75 Å². The third-order valence-electron chi connectivity index (χ3n) is 2.41. The molecule has 0 bridgehead atoms. The summed E-state index contributed by atoms with van der Waals surface area (Å²) in [4.78, 5) is 0. The fraction of sp³-hybridized carbons (Fsp3) is 0.273. The van der Waals surface area contributed by atoms with Crippen LogP contribution in [-0.4, -0.2) is 8.75 Å². The highest BCUT2D eigenvalue weighted by Gasteiger charge is 2.17. The quantitative estimate of drug-likeness (QED) is 0.540. The number of nitrogen functional groups attached to an aromatic ring is 1. The number of benzene rings is 1. The van der Waals surface area contributed by atoms with Gasteiger partial charge < -0.3 is 5.73 Å². The molecule has 0 amide bonds. The number of nitrogens with two attached hydrogens (primary N) is 1. The highest BCUT2D eigenvalue weighted by Crippen LogP contribution is 2.28. The van der Waals surface area contributed by atoms with E-state index in [4.69, 9.17) is 5.73 Å². The van der Waals surface area contributed by atoms with Crippen LogP contribution in [0.25, 0.3) is 11.0 Å². The van der Waals surface area contributed by atoms with Gasteiger partial charge in [-0.25, -0.2) is 0 Å². The van der Waals surface area contributed by atoms with Crippen LogP contribution in [0.2, 0.25) is 0 Å². The Balaban J connectivity index is 2.09. The Hall–Kier alpha value is -1.60. The van der Waals surface area contributed by atoms with Gasteiger partial charge >= 0.3 is 0 Å². The minimum atomic E-state index is 0.591. The van der Waals surface area contributed by atoms with Crippen LogP contribution in [0.4, 0.5) is 5.69 Å². The van der Waals surface area contributed by atoms with Crippen molar-refractivity contribution in [2.75, 3.05) is 5.73 Å². The Bertz CT molecular complexity index is 572. The summed E-state index contributed by atoms with van der Waals surface area (Å²) in [5.41, 5.74) is 9.20. The topological polar surface area (TPSA) is 51.8 Å². The molecule has 0 atom stereocenters. The molecule has 15 heavy (non-hydrogen) atoms. The van der Waals surface area contributed by atoms with Gasteiger partial charge in [-0.05, 0) is 25.0 Å². The number of nitrogens with zero attached hydrogens (tertiary/aromatic N) is 2. The lowest BCUT2D eigenvalue weighted by atomic mass is 10.1. The van der Waals surface area contributed by atoms with Crippen LogP contribution in [0, 0.1) is 17.8 Å². The molecule has 2 N–H and O–H groups in total. The monoisotopic (exact) mass is 215 g/mol. The summed E-state index contributed by atoms with van der Waals surface area (Å²) in [5, 5.41) is 0. The Kier molecular flexibility index (Phi) is 1.86. The number of hydrogen-bond donors (Lipinski definition) is 1. The van der Waals surface area contributed by atoms with Crippen LogP contribution in [0.3, 0.4) is 0 Å². The van der Waals surface area contributed by atoms with Crippen molar-refractivity contribution >= 4 is 28.4 Å². The van der Waals surface area contributed by atoms with Crippen LogP contribution in [0.1, 0.15) is 18.4 Å². The fourth-order valence-electron chi connectivity index (χ4n) is 1.36. The molecular formula is C11H9N3S. The van der Waals surface area contributed by atoms with Crippen molar-refractivity contribution in [1.29, 1.82) is 0 Å². The fourth-order valence-corrected chi connectivity index (χ4v) is 1.87. The molecule has 1 fully saturated rings. The smallest absolute Gasteiger partial charge is 0.106 e. The average molecular weight is 215 g/mol. The SMILES string of the molecule is Nc1cc2nsnc2cc1C#CC1CC1. The van der Waals surface area contributed by atoms with E-state index < -0.39 is 0 Å². The van der Waals surface area contributed by atoms with E-state index in [0.29, 0.717) is 11.6 Å². The van der Waals surface area contributed by atoms with Crippen molar-refractivity contribution in [3.8, 4) is 11.8 Å². The van der Waals surface area contributed by atoms with E-state index >= 15 is 0 Å². The zero-order valence-corrected chi connectivity index (χ0v) is 8.84. The van der Waals surface area contributed by atoms with Gasteiger partial charge in [0.25, 0.3) is 0 Å². The molecule has 1 heterocycles. The number of aromatic nitrogens is 2.